The Morgan fingerprint density at radius 1 is 1.06 bits per heavy atom. The molecule has 1 aromatic rings. The average Bonchev–Trinajstić information content (AvgIpc) is 2.40. The molecule has 0 aliphatic carbocycles. The lowest BCUT2D eigenvalue weighted by Gasteiger charge is -2.32. The summed E-state index contributed by atoms with van der Waals surface area (Å²) < 4.78 is 0. The standard InChI is InChI=1S/C14H19NS2/c1-2-4-13-11(3-1)9-17-10-14(13)15-12-5-7-16-8-6-12/h1-4,12,14-15H,5-10H2. The highest BCUT2D eigenvalue weighted by Crippen LogP contribution is 2.32. The third kappa shape index (κ3) is 2.83. The number of fused-ring (bicyclic) bond motifs is 1. The SMILES string of the molecule is c1ccc2c(c1)CSCC2NC1CCSCC1. The second kappa shape index (κ2) is 5.68. The molecular weight excluding hydrogens is 246 g/mol. The van der Waals surface area contributed by atoms with Crippen LogP contribution >= 0.6 is 23.5 Å². The second-order valence-electron chi connectivity index (χ2n) is 4.82. The minimum atomic E-state index is 0.582. The lowest BCUT2D eigenvalue weighted by Crippen LogP contribution is -2.38. The first-order chi connectivity index (χ1) is 8.43. The first kappa shape index (κ1) is 11.9. The third-order valence-corrected chi connectivity index (χ3v) is 5.76. The maximum absolute atomic E-state index is 3.88. The largest absolute Gasteiger partial charge is 0.306 e. The van der Waals surface area contributed by atoms with Crippen molar-refractivity contribution in [1.82, 2.24) is 5.32 Å². The van der Waals surface area contributed by atoms with Gasteiger partial charge in [0.25, 0.3) is 0 Å². The Morgan fingerprint density at radius 2 is 1.88 bits per heavy atom. The highest BCUT2D eigenvalue weighted by molar-refractivity contribution is 7.99. The van der Waals surface area contributed by atoms with Gasteiger partial charge in [-0.15, -0.1) is 0 Å². The van der Waals surface area contributed by atoms with Gasteiger partial charge in [-0.1, -0.05) is 24.3 Å². The molecule has 1 fully saturated rings. The average molecular weight is 265 g/mol. The Balaban J connectivity index is 1.71. The van der Waals surface area contributed by atoms with E-state index in [1.54, 1.807) is 5.56 Å². The van der Waals surface area contributed by atoms with Crippen LogP contribution in [0.1, 0.15) is 30.0 Å². The molecule has 92 valence electrons. The molecule has 2 aliphatic heterocycles. The van der Waals surface area contributed by atoms with Crippen molar-refractivity contribution in [1.29, 1.82) is 0 Å². The maximum Gasteiger partial charge on any atom is 0.0417 e. The van der Waals surface area contributed by atoms with Crippen molar-refractivity contribution >= 4 is 23.5 Å². The van der Waals surface area contributed by atoms with Crippen molar-refractivity contribution in [3.05, 3.63) is 35.4 Å². The lowest BCUT2D eigenvalue weighted by atomic mass is 10.00. The van der Waals surface area contributed by atoms with E-state index in [-0.39, 0.29) is 0 Å². The molecule has 0 spiro atoms. The quantitative estimate of drug-likeness (QED) is 0.879. The zero-order chi connectivity index (χ0) is 11.5. The molecule has 0 amide bonds. The fraction of sp³-hybridized carbons (Fsp3) is 0.571. The first-order valence-electron chi connectivity index (χ1n) is 6.43. The Morgan fingerprint density at radius 3 is 2.76 bits per heavy atom. The summed E-state index contributed by atoms with van der Waals surface area (Å²) in [6.45, 7) is 0. The molecule has 3 heteroatoms. The number of nitrogens with one attached hydrogen (secondary N) is 1. The van der Waals surface area contributed by atoms with Crippen LogP contribution in [0.5, 0.6) is 0 Å². The van der Waals surface area contributed by atoms with E-state index in [0.29, 0.717) is 6.04 Å². The van der Waals surface area contributed by atoms with Gasteiger partial charge in [0, 0.05) is 23.6 Å². The van der Waals surface area contributed by atoms with Gasteiger partial charge < -0.3 is 5.32 Å². The molecule has 1 unspecified atom stereocenters. The van der Waals surface area contributed by atoms with Gasteiger partial charge in [-0.05, 0) is 35.5 Å². The minimum absolute atomic E-state index is 0.582. The summed E-state index contributed by atoms with van der Waals surface area (Å²) in [7, 11) is 0. The maximum atomic E-state index is 3.88. The van der Waals surface area contributed by atoms with E-state index in [9.17, 15) is 0 Å². The highest BCUT2D eigenvalue weighted by atomic mass is 32.2. The van der Waals surface area contributed by atoms with Crippen LogP contribution in [-0.2, 0) is 5.75 Å². The Labute approximate surface area is 112 Å². The zero-order valence-electron chi connectivity index (χ0n) is 10.0. The van der Waals surface area contributed by atoms with Crippen LogP contribution in [-0.4, -0.2) is 23.3 Å². The smallest absolute Gasteiger partial charge is 0.0417 e. The fourth-order valence-corrected chi connectivity index (χ4v) is 4.89. The van der Waals surface area contributed by atoms with E-state index >= 15 is 0 Å². The molecule has 2 aliphatic rings. The first-order valence-corrected chi connectivity index (χ1v) is 8.74. The van der Waals surface area contributed by atoms with Crippen LogP contribution in [0.25, 0.3) is 0 Å². The van der Waals surface area contributed by atoms with Crippen LogP contribution in [0.2, 0.25) is 0 Å². The van der Waals surface area contributed by atoms with Crippen molar-refractivity contribution in [2.45, 2.75) is 30.7 Å². The van der Waals surface area contributed by atoms with Gasteiger partial charge >= 0.3 is 0 Å². The van der Waals surface area contributed by atoms with Crippen LogP contribution < -0.4 is 5.32 Å². The zero-order valence-corrected chi connectivity index (χ0v) is 11.7. The van der Waals surface area contributed by atoms with Gasteiger partial charge in [0.1, 0.15) is 0 Å². The third-order valence-electron chi connectivity index (χ3n) is 3.63. The van der Waals surface area contributed by atoms with Crippen molar-refractivity contribution in [2.75, 3.05) is 17.3 Å². The summed E-state index contributed by atoms with van der Waals surface area (Å²) in [6.07, 6.45) is 2.68. The van der Waals surface area contributed by atoms with Crippen molar-refractivity contribution in [2.24, 2.45) is 0 Å². The summed E-state index contributed by atoms with van der Waals surface area (Å²) in [5.41, 5.74) is 3.08. The molecule has 3 rings (SSSR count). The number of hydrogen-bond acceptors (Lipinski definition) is 3. The van der Waals surface area contributed by atoms with Crippen LogP contribution in [0, 0.1) is 0 Å². The lowest BCUT2D eigenvalue weighted by molar-refractivity contribution is 0.432. The monoisotopic (exact) mass is 265 g/mol. The number of thioether (sulfide) groups is 2. The van der Waals surface area contributed by atoms with Gasteiger partial charge in [-0.25, -0.2) is 0 Å². The van der Waals surface area contributed by atoms with Crippen LogP contribution in [0.3, 0.4) is 0 Å². The van der Waals surface area contributed by atoms with E-state index in [1.807, 2.05) is 0 Å². The van der Waals surface area contributed by atoms with E-state index in [0.717, 1.165) is 6.04 Å². The molecule has 1 N–H and O–H groups in total. The predicted octanol–water partition coefficient (Wildman–Crippen LogP) is 3.46. The van der Waals surface area contributed by atoms with Crippen LogP contribution in [0.4, 0.5) is 0 Å². The summed E-state index contributed by atoms with van der Waals surface area (Å²) in [4.78, 5) is 0. The number of benzene rings is 1. The molecule has 0 saturated carbocycles. The van der Waals surface area contributed by atoms with Crippen molar-refractivity contribution in [3.8, 4) is 0 Å². The minimum Gasteiger partial charge on any atom is -0.306 e. The number of hydrogen-bond donors (Lipinski definition) is 1. The van der Waals surface area contributed by atoms with Crippen molar-refractivity contribution in [3.63, 3.8) is 0 Å². The predicted molar refractivity (Wildman–Crippen MR) is 78.8 cm³/mol. The summed E-state index contributed by atoms with van der Waals surface area (Å²) >= 11 is 4.17. The molecule has 0 aromatic heterocycles. The molecule has 1 saturated heterocycles. The number of rotatable bonds is 2. The molecule has 1 atom stereocenters. The molecule has 0 bridgehead atoms. The summed E-state index contributed by atoms with van der Waals surface area (Å²) in [6, 6.07) is 10.3. The molecule has 17 heavy (non-hydrogen) atoms. The molecule has 1 nitrogen and oxygen atoms in total. The summed E-state index contributed by atoms with van der Waals surface area (Å²) in [5.74, 6) is 5.09. The fourth-order valence-electron chi connectivity index (χ4n) is 2.67. The van der Waals surface area contributed by atoms with E-state index in [2.05, 4.69) is 53.1 Å². The molecule has 1 aromatic carbocycles. The van der Waals surface area contributed by atoms with E-state index in [1.165, 1.54) is 41.4 Å². The molecule has 0 radical (unpaired) electrons. The summed E-state index contributed by atoms with van der Waals surface area (Å²) in [5, 5.41) is 3.88. The van der Waals surface area contributed by atoms with Gasteiger partial charge in [0.2, 0.25) is 0 Å². The second-order valence-corrected chi connectivity index (χ2v) is 7.07. The Bertz CT molecular complexity index is 374. The van der Waals surface area contributed by atoms with Gasteiger partial charge in [0.15, 0.2) is 0 Å². The van der Waals surface area contributed by atoms with E-state index < -0.39 is 0 Å². The van der Waals surface area contributed by atoms with Crippen LogP contribution in [0.15, 0.2) is 24.3 Å². The van der Waals surface area contributed by atoms with Gasteiger partial charge in [-0.3, -0.25) is 0 Å². The molecular formula is C14H19NS2. The Hall–Kier alpha value is -0.120. The van der Waals surface area contributed by atoms with Gasteiger partial charge in [0.05, 0.1) is 0 Å². The van der Waals surface area contributed by atoms with Crippen molar-refractivity contribution < 1.29 is 0 Å². The van der Waals surface area contributed by atoms with Gasteiger partial charge in [-0.2, -0.15) is 23.5 Å². The van der Waals surface area contributed by atoms with E-state index in [4.69, 9.17) is 0 Å². The molecule has 2 heterocycles. The topological polar surface area (TPSA) is 12.0 Å². The highest BCUT2D eigenvalue weighted by Gasteiger charge is 2.23. The normalized spacial score (nSPS) is 25.5. The Kier molecular flexibility index (Phi) is 3.99.